The molecule has 182 valence electrons. The summed E-state index contributed by atoms with van der Waals surface area (Å²) < 4.78 is 37.3. The molecule has 1 fully saturated rings. The van der Waals surface area contributed by atoms with Gasteiger partial charge in [0.05, 0.1) is 38.8 Å². The number of nitrogens with zero attached hydrogens (tertiary/aromatic N) is 4. The fourth-order valence-corrected chi connectivity index (χ4v) is 5.01. The van der Waals surface area contributed by atoms with E-state index in [4.69, 9.17) is 9.47 Å². The van der Waals surface area contributed by atoms with Crippen LogP contribution in [0.5, 0.6) is 11.5 Å². The zero-order valence-electron chi connectivity index (χ0n) is 19.5. The molecule has 0 atom stereocenters. The maximum atomic E-state index is 12.7. The summed E-state index contributed by atoms with van der Waals surface area (Å²) in [6, 6.07) is 7.39. The maximum Gasteiger partial charge on any atom is 0.252 e. The summed E-state index contributed by atoms with van der Waals surface area (Å²) >= 11 is 0. The molecule has 34 heavy (non-hydrogen) atoms. The lowest BCUT2D eigenvalue weighted by Crippen LogP contribution is -2.41. The number of nitrogens with one attached hydrogen (secondary N) is 1. The van der Waals surface area contributed by atoms with Crippen molar-refractivity contribution >= 4 is 27.0 Å². The number of amides is 1. The Kier molecular flexibility index (Phi) is 7.03. The Morgan fingerprint density at radius 2 is 1.91 bits per heavy atom. The zero-order chi connectivity index (χ0) is 24.3. The molecule has 0 aliphatic carbocycles. The predicted molar refractivity (Wildman–Crippen MR) is 128 cm³/mol. The summed E-state index contributed by atoms with van der Waals surface area (Å²) in [5, 5.41) is 8.16. The van der Waals surface area contributed by atoms with E-state index in [9.17, 15) is 13.2 Å². The van der Waals surface area contributed by atoms with Gasteiger partial charge in [-0.25, -0.2) is 22.4 Å². The van der Waals surface area contributed by atoms with Gasteiger partial charge in [-0.1, -0.05) is 0 Å². The number of aromatic nitrogens is 3. The molecule has 1 aliphatic heterocycles. The quantitative estimate of drug-likeness (QED) is 0.516. The minimum atomic E-state index is -3.15. The van der Waals surface area contributed by atoms with E-state index in [1.54, 1.807) is 37.4 Å². The second kappa shape index (κ2) is 9.98. The van der Waals surface area contributed by atoms with E-state index in [1.807, 2.05) is 18.2 Å². The number of carbonyl (C=O) groups excluding carboxylic acids is 1. The highest BCUT2D eigenvalue weighted by Gasteiger charge is 2.25. The number of piperidine rings is 1. The van der Waals surface area contributed by atoms with Gasteiger partial charge in [0, 0.05) is 42.8 Å². The van der Waals surface area contributed by atoms with Crippen molar-refractivity contribution < 1.29 is 22.7 Å². The minimum Gasteiger partial charge on any atom is -0.497 e. The fourth-order valence-electron chi connectivity index (χ4n) is 4.14. The van der Waals surface area contributed by atoms with Gasteiger partial charge in [0.15, 0.2) is 5.65 Å². The minimum absolute atomic E-state index is 0.204. The molecule has 0 saturated carbocycles. The first-order valence-electron chi connectivity index (χ1n) is 11.0. The Balaban J connectivity index is 1.40. The molecular weight excluding hydrogens is 458 g/mol. The van der Waals surface area contributed by atoms with Crippen molar-refractivity contribution in [1.82, 2.24) is 24.4 Å². The van der Waals surface area contributed by atoms with Gasteiger partial charge in [0.2, 0.25) is 10.0 Å². The third-order valence-electron chi connectivity index (χ3n) is 6.15. The third-order valence-corrected chi connectivity index (χ3v) is 7.45. The largest absolute Gasteiger partial charge is 0.497 e. The topological polar surface area (TPSA) is 116 Å². The molecule has 4 rings (SSSR count). The molecule has 3 aromatic rings. The van der Waals surface area contributed by atoms with Crippen LogP contribution in [0.1, 0.15) is 28.8 Å². The lowest BCUT2D eigenvalue weighted by atomic mass is 9.98. The fraction of sp³-hybridized carbons (Fsp3) is 0.435. The first-order valence-corrected chi connectivity index (χ1v) is 12.9. The second-order valence-corrected chi connectivity index (χ2v) is 10.4. The van der Waals surface area contributed by atoms with Gasteiger partial charge >= 0.3 is 0 Å². The second-order valence-electron chi connectivity index (χ2n) is 8.43. The Morgan fingerprint density at radius 1 is 1.15 bits per heavy atom. The molecule has 10 nitrogen and oxygen atoms in total. The molecule has 1 saturated heterocycles. The Labute approximate surface area is 198 Å². The van der Waals surface area contributed by atoms with Crippen LogP contribution in [-0.4, -0.2) is 73.5 Å². The number of hydrogen-bond acceptors (Lipinski definition) is 7. The summed E-state index contributed by atoms with van der Waals surface area (Å²) in [6.07, 6.45) is 5.93. The van der Waals surface area contributed by atoms with Gasteiger partial charge in [0.1, 0.15) is 11.5 Å². The summed E-state index contributed by atoms with van der Waals surface area (Å²) in [4.78, 5) is 17.2. The molecule has 11 heteroatoms. The number of benzene rings is 1. The van der Waals surface area contributed by atoms with E-state index in [0.29, 0.717) is 48.9 Å². The van der Waals surface area contributed by atoms with E-state index >= 15 is 0 Å². The maximum absolute atomic E-state index is 12.7. The van der Waals surface area contributed by atoms with Crippen LogP contribution < -0.4 is 14.8 Å². The van der Waals surface area contributed by atoms with Gasteiger partial charge in [-0.3, -0.25) is 4.79 Å². The van der Waals surface area contributed by atoms with Crippen LogP contribution in [0.4, 0.5) is 0 Å². The SMILES string of the molecule is COc1ccc(Cn2ncc3cc(C(=O)NCC4CCN(S(C)(=O)=O)CC4)cnc32)c(OC)c1. The molecule has 1 aliphatic rings. The standard InChI is InChI=1S/C23H29N5O5S/c1-32-20-5-4-17(21(11-20)33-2)15-28-22-18(14-26-28)10-19(13-24-22)23(29)25-12-16-6-8-27(9-7-16)34(3,30)31/h4-5,10-11,13-14,16H,6-9,12,15H2,1-3H3,(H,25,29). The van der Waals surface area contributed by atoms with Crippen molar-refractivity contribution in [3.63, 3.8) is 0 Å². The van der Waals surface area contributed by atoms with Crippen LogP contribution in [0, 0.1) is 5.92 Å². The van der Waals surface area contributed by atoms with E-state index in [2.05, 4.69) is 15.4 Å². The highest BCUT2D eigenvalue weighted by Crippen LogP contribution is 2.26. The normalized spacial score (nSPS) is 15.4. The van der Waals surface area contributed by atoms with E-state index in [-0.39, 0.29) is 11.8 Å². The molecule has 3 heterocycles. The van der Waals surface area contributed by atoms with E-state index in [1.165, 1.54) is 10.6 Å². The van der Waals surface area contributed by atoms with Crippen molar-refractivity contribution in [3.05, 3.63) is 47.8 Å². The molecule has 1 amide bonds. The van der Waals surface area contributed by atoms with Crippen molar-refractivity contribution in [1.29, 1.82) is 0 Å². The smallest absolute Gasteiger partial charge is 0.252 e. The van der Waals surface area contributed by atoms with Gasteiger partial charge in [-0.2, -0.15) is 5.10 Å². The van der Waals surface area contributed by atoms with E-state index in [0.717, 1.165) is 23.8 Å². The number of pyridine rings is 1. The van der Waals surface area contributed by atoms with Crippen molar-refractivity contribution in [2.45, 2.75) is 19.4 Å². The summed E-state index contributed by atoms with van der Waals surface area (Å²) in [7, 11) is 0.0622. The van der Waals surface area contributed by atoms with Crippen LogP contribution in [-0.2, 0) is 16.6 Å². The van der Waals surface area contributed by atoms with Gasteiger partial charge in [-0.15, -0.1) is 0 Å². The molecule has 2 aromatic heterocycles. The molecule has 1 N–H and O–H groups in total. The van der Waals surface area contributed by atoms with Crippen LogP contribution in [0.15, 0.2) is 36.7 Å². The molecule has 0 radical (unpaired) electrons. The van der Waals surface area contributed by atoms with Crippen molar-refractivity contribution in [2.24, 2.45) is 5.92 Å². The molecule has 0 unspecified atom stereocenters. The molecule has 0 spiro atoms. The van der Waals surface area contributed by atoms with Crippen molar-refractivity contribution in [2.75, 3.05) is 40.1 Å². The summed E-state index contributed by atoms with van der Waals surface area (Å²) in [5.74, 6) is 1.45. The molecular formula is C23H29N5O5S. The highest BCUT2D eigenvalue weighted by molar-refractivity contribution is 7.88. The van der Waals surface area contributed by atoms with Crippen LogP contribution >= 0.6 is 0 Å². The van der Waals surface area contributed by atoms with Crippen LogP contribution in [0.25, 0.3) is 11.0 Å². The number of carbonyl (C=O) groups is 1. The average molecular weight is 488 g/mol. The average Bonchev–Trinajstić information content (AvgIpc) is 3.24. The third kappa shape index (κ3) is 5.31. The number of sulfonamides is 1. The van der Waals surface area contributed by atoms with Crippen molar-refractivity contribution in [3.8, 4) is 11.5 Å². The number of rotatable bonds is 8. The summed E-state index contributed by atoms with van der Waals surface area (Å²) in [6.45, 7) is 1.95. The lowest BCUT2D eigenvalue weighted by Gasteiger charge is -2.30. The number of fused-ring (bicyclic) bond motifs is 1. The first kappa shape index (κ1) is 24.0. The Hall–Kier alpha value is -3.18. The zero-order valence-corrected chi connectivity index (χ0v) is 20.3. The Morgan fingerprint density at radius 3 is 2.59 bits per heavy atom. The Bertz CT molecular complexity index is 1280. The number of ether oxygens (including phenoxy) is 2. The first-order chi connectivity index (χ1) is 16.3. The van der Waals surface area contributed by atoms with Gasteiger partial charge in [0.25, 0.3) is 5.91 Å². The van der Waals surface area contributed by atoms with Crippen LogP contribution in [0.2, 0.25) is 0 Å². The number of methoxy groups -OCH3 is 2. The highest BCUT2D eigenvalue weighted by atomic mass is 32.2. The molecule has 1 aromatic carbocycles. The predicted octanol–water partition coefficient (Wildman–Crippen LogP) is 1.90. The lowest BCUT2D eigenvalue weighted by molar-refractivity contribution is 0.0941. The van der Waals surface area contributed by atoms with Gasteiger partial charge < -0.3 is 14.8 Å². The van der Waals surface area contributed by atoms with E-state index < -0.39 is 10.0 Å². The molecule has 0 bridgehead atoms. The van der Waals surface area contributed by atoms with Gasteiger partial charge in [-0.05, 0) is 37.0 Å². The summed E-state index contributed by atoms with van der Waals surface area (Å²) in [5.41, 5.74) is 2.06. The monoisotopic (exact) mass is 487 g/mol. The number of hydrogen-bond donors (Lipinski definition) is 1. The van der Waals surface area contributed by atoms with Crippen LogP contribution in [0.3, 0.4) is 0 Å².